The predicted molar refractivity (Wildman–Crippen MR) is 102 cm³/mol. The van der Waals surface area contributed by atoms with Crippen molar-refractivity contribution in [3.8, 4) is 0 Å². The Morgan fingerprint density at radius 2 is 1.65 bits per heavy atom. The van der Waals surface area contributed by atoms with Gasteiger partial charge in [0.05, 0.1) is 12.0 Å². The van der Waals surface area contributed by atoms with Crippen molar-refractivity contribution in [3.63, 3.8) is 0 Å². The molecule has 1 aromatic carbocycles. The number of hydrogen-bond donors (Lipinski definition) is 0. The van der Waals surface area contributed by atoms with Crippen LogP contribution >= 0.6 is 0 Å². The second-order valence-electron chi connectivity index (χ2n) is 7.29. The summed E-state index contributed by atoms with van der Waals surface area (Å²) < 4.78 is 28.7. The van der Waals surface area contributed by atoms with Crippen molar-refractivity contribution in [1.29, 1.82) is 0 Å². The number of sulfonamides is 1. The van der Waals surface area contributed by atoms with Crippen LogP contribution in [-0.2, 0) is 14.9 Å². The molecule has 0 N–H and O–H groups in total. The van der Waals surface area contributed by atoms with Crippen molar-refractivity contribution in [1.82, 2.24) is 14.5 Å². The minimum atomic E-state index is -3.57. The molecule has 1 heterocycles. The first-order valence-electron chi connectivity index (χ1n) is 9.67. The van der Waals surface area contributed by atoms with Gasteiger partial charge in [-0.1, -0.05) is 37.5 Å². The Morgan fingerprint density at radius 1 is 1.04 bits per heavy atom. The summed E-state index contributed by atoms with van der Waals surface area (Å²) in [5.74, 6) is 0.419. The Kier molecular flexibility index (Phi) is 6.69. The summed E-state index contributed by atoms with van der Waals surface area (Å²) in [4.78, 5) is 5.68. The lowest BCUT2D eigenvalue weighted by Crippen LogP contribution is -2.59. The monoisotopic (exact) mass is 381 g/mol. The molecule has 1 atom stereocenters. The molecule has 146 valence electrons. The first kappa shape index (κ1) is 19.8. The van der Waals surface area contributed by atoms with Gasteiger partial charge < -0.3 is 4.84 Å². The summed E-state index contributed by atoms with van der Waals surface area (Å²) in [6.45, 7) is 4.79. The third-order valence-corrected chi connectivity index (χ3v) is 7.64. The van der Waals surface area contributed by atoms with E-state index in [0.29, 0.717) is 37.0 Å². The van der Waals surface area contributed by atoms with Crippen LogP contribution in [0.2, 0.25) is 0 Å². The Bertz CT molecular complexity index is 654. The van der Waals surface area contributed by atoms with Gasteiger partial charge in [0, 0.05) is 32.2 Å². The van der Waals surface area contributed by atoms with Gasteiger partial charge in [-0.05, 0) is 37.8 Å². The van der Waals surface area contributed by atoms with E-state index in [-0.39, 0.29) is 6.04 Å². The SMILES string of the molecule is CON1CCN(N(C(C)C2CCCCC2)S(=O)(=O)c2ccccc2)CC1. The molecular formula is C19H31N3O3S. The maximum absolute atomic E-state index is 13.5. The van der Waals surface area contributed by atoms with Gasteiger partial charge in [-0.3, -0.25) is 0 Å². The number of benzene rings is 1. The molecule has 2 fully saturated rings. The molecule has 1 aromatic rings. The van der Waals surface area contributed by atoms with E-state index in [0.717, 1.165) is 12.8 Å². The number of nitrogens with zero attached hydrogens (tertiary/aromatic N) is 3. The average molecular weight is 382 g/mol. The van der Waals surface area contributed by atoms with E-state index in [1.807, 2.05) is 16.1 Å². The van der Waals surface area contributed by atoms with Crippen LogP contribution in [0.5, 0.6) is 0 Å². The number of rotatable bonds is 6. The number of piperazine rings is 1. The normalized spacial score (nSPS) is 22.6. The fraction of sp³-hybridized carbons (Fsp3) is 0.684. The van der Waals surface area contributed by atoms with Crippen molar-refractivity contribution in [2.24, 2.45) is 5.92 Å². The van der Waals surface area contributed by atoms with Gasteiger partial charge in [0.15, 0.2) is 0 Å². The number of hydrogen-bond acceptors (Lipinski definition) is 5. The Labute approximate surface area is 157 Å². The lowest BCUT2D eigenvalue weighted by Gasteiger charge is -2.44. The van der Waals surface area contributed by atoms with Gasteiger partial charge in [-0.15, -0.1) is 4.41 Å². The molecule has 1 saturated heterocycles. The van der Waals surface area contributed by atoms with E-state index < -0.39 is 10.0 Å². The molecule has 0 aromatic heterocycles. The Morgan fingerprint density at radius 3 is 2.23 bits per heavy atom. The highest BCUT2D eigenvalue weighted by molar-refractivity contribution is 7.89. The largest absolute Gasteiger partial charge is 0.302 e. The number of hydrazine groups is 1. The molecule has 1 saturated carbocycles. The maximum atomic E-state index is 13.5. The zero-order valence-corrected chi connectivity index (χ0v) is 16.7. The average Bonchev–Trinajstić information content (AvgIpc) is 2.70. The standard InChI is InChI=1S/C19H31N3O3S/c1-17(18-9-5-3-6-10-18)22(20-13-15-21(25-2)16-14-20)26(23,24)19-11-7-4-8-12-19/h4,7-8,11-12,17-18H,3,5-6,9-10,13-16H2,1-2H3. The summed E-state index contributed by atoms with van der Waals surface area (Å²) in [6, 6.07) is 8.79. The van der Waals surface area contributed by atoms with Gasteiger partial charge in [-0.25, -0.2) is 13.4 Å². The molecule has 0 bridgehead atoms. The molecule has 6 nitrogen and oxygen atoms in total. The van der Waals surface area contributed by atoms with Crippen molar-refractivity contribution in [2.75, 3.05) is 33.3 Å². The highest BCUT2D eigenvalue weighted by Crippen LogP contribution is 2.32. The van der Waals surface area contributed by atoms with Gasteiger partial charge >= 0.3 is 0 Å². The summed E-state index contributed by atoms with van der Waals surface area (Å²) in [6.07, 6.45) is 5.89. The topological polar surface area (TPSA) is 53.1 Å². The minimum absolute atomic E-state index is 0.0328. The van der Waals surface area contributed by atoms with Crippen LogP contribution in [-0.4, -0.2) is 62.2 Å². The predicted octanol–water partition coefficient (Wildman–Crippen LogP) is 2.74. The summed E-state index contributed by atoms with van der Waals surface area (Å²) in [7, 11) is -1.91. The summed E-state index contributed by atoms with van der Waals surface area (Å²) in [5.41, 5.74) is 0. The van der Waals surface area contributed by atoms with Crippen LogP contribution < -0.4 is 0 Å². The lowest BCUT2D eigenvalue weighted by atomic mass is 9.85. The first-order valence-corrected chi connectivity index (χ1v) is 11.1. The van der Waals surface area contributed by atoms with Crippen LogP contribution in [0.15, 0.2) is 35.2 Å². The van der Waals surface area contributed by atoms with E-state index in [1.54, 1.807) is 35.8 Å². The molecule has 1 aliphatic heterocycles. The smallest absolute Gasteiger partial charge is 0.256 e. The molecule has 1 unspecified atom stereocenters. The molecule has 3 rings (SSSR count). The van der Waals surface area contributed by atoms with E-state index in [1.165, 1.54) is 19.3 Å². The van der Waals surface area contributed by atoms with Gasteiger partial charge in [0.2, 0.25) is 0 Å². The molecule has 0 radical (unpaired) electrons. The maximum Gasteiger partial charge on any atom is 0.256 e. The zero-order chi connectivity index (χ0) is 18.6. The molecule has 7 heteroatoms. The second-order valence-corrected chi connectivity index (χ2v) is 9.09. The van der Waals surface area contributed by atoms with Crippen molar-refractivity contribution in [3.05, 3.63) is 30.3 Å². The fourth-order valence-corrected chi connectivity index (χ4v) is 5.98. The van der Waals surface area contributed by atoms with E-state index in [4.69, 9.17) is 4.84 Å². The van der Waals surface area contributed by atoms with Crippen LogP contribution in [0.3, 0.4) is 0 Å². The van der Waals surface area contributed by atoms with Crippen molar-refractivity contribution in [2.45, 2.75) is 50.0 Å². The molecule has 2 aliphatic rings. The van der Waals surface area contributed by atoms with E-state index in [2.05, 4.69) is 6.92 Å². The molecule has 0 amide bonds. The van der Waals surface area contributed by atoms with Gasteiger partial charge in [0.25, 0.3) is 10.0 Å². The second kappa shape index (κ2) is 8.80. The van der Waals surface area contributed by atoms with Crippen LogP contribution in [0.25, 0.3) is 0 Å². The van der Waals surface area contributed by atoms with Crippen LogP contribution in [0.1, 0.15) is 39.0 Å². The Balaban J connectivity index is 1.88. The summed E-state index contributed by atoms with van der Waals surface area (Å²) >= 11 is 0. The van der Waals surface area contributed by atoms with Crippen molar-refractivity contribution < 1.29 is 13.3 Å². The highest BCUT2D eigenvalue weighted by Gasteiger charge is 2.39. The Hall–Kier alpha value is -0.990. The third-order valence-electron chi connectivity index (χ3n) is 5.72. The van der Waals surface area contributed by atoms with E-state index >= 15 is 0 Å². The summed E-state index contributed by atoms with van der Waals surface area (Å²) in [5, 5.41) is 3.90. The first-order chi connectivity index (χ1) is 12.5. The highest BCUT2D eigenvalue weighted by atomic mass is 32.2. The van der Waals surface area contributed by atoms with Gasteiger partial charge in [0.1, 0.15) is 0 Å². The number of hydroxylamine groups is 2. The lowest BCUT2D eigenvalue weighted by molar-refractivity contribution is -0.171. The third kappa shape index (κ3) is 4.28. The van der Waals surface area contributed by atoms with Crippen LogP contribution in [0.4, 0.5) is 0 Å². The van der Waals surface area contributed by atoms with Crippen LogP contribution in [0, 0.1) is 5.92 Å². The molecule has 26 heavy (non-hydrogen) atoms. The van der Waals surface area contributed by atoms with Crippen molar-refractivity contribution >= 4 is 10.0 Å². The minimum Gasteiger partial charge on any atom is -0.302 e. The zero-order valence-electron chi connectivity index (χ0n) is 15.9. The van der Waals surface area contributed by atoms with Gasteiger partial charge in [-0.2, -0.15) is 5.06 Å². The fourth-order valence-electron chi connectivity index (χ4n) is 4.18. The molecule has 1 aliphatic carbocycles. The quantitative estimate of drug-likeness (QED) is 0.758. The molecular weight excluding hydrogens is 350 g/mol. The molecule has 0 spiro atoms. The van der Waals surface area contributed by atoms with E-state index in [9.17, 15) is 8.42 Å².